The molecule has 5 nitrogen and oxygen atoms in total. The van der Waals surface area contributed by atoms with Gasteiger partial charge in [-0.3, -0.25) is 9.59 Å². The van der Waals surface area contributed by atoms with Crippen LogP contribution in [0.3, 0.4) is 0 Å². The first-order chi connectivity index (χ1) is 11.5. The predicted octanol–water partition coefficient (Wildman–Crippen LogP) is 1.57. The number of carbonyl (C=O) groups is 2. The van der Waals surface area contributed by atoms with Crippen molar-refractivity contribution in [3.05, 3.63) is 48.0 Å². The van der Waals surface area contributed by atoms with E-state index in [1.807, 2.05) is 42.5 Å². The van der Waals surface area contributed by atoms with E-state index < -0.39 is 17.8 Å². The van der Waals surface area contributed by atoms with Crippen LogP contribution >= 0.6 is 0 Å². The highest BCUT2D eigenvalue weighted by Crippen LogP contribution is 2.48. The quantitative estimate of drug-likeness (QED) is 0.777. The van der Waals surface area contributed by atoms with Crippen LogP contribution in [0.25, 0.3) is 0 Å². The lowest BCUT2D eigenvalue weighted by molar-refractivity contribution is -0.151. The van der Waals surface area contributed by atoms with Gasteiger partial charge in [0.05, 0.1) is 24.5 Å². The van der Waals surface area contributed by atoms with E-state index in [0.717, 1.165) is 12.0 Å². The first-order valence-electron chi connectivity index (χ1n) is 8.35. The van der Waals surface area contributed by atoms with Crippen LogP contribution in [0.1, 0.15) is 12.0 Å². The number of nitrogens with zero attached hydrogens (tertiary/aromatic N) is 1. The van der Waals surface area contributed by atoms with Gasteiger partial charge in [0, 0.05) is 7.05 Å². The number of allylic oxidation sites excluding steroid dienone is 2. The highest BCUT2D eigenvalue weighted by molar-refractivity contribution is 5.87. The van der Waals surface area contributed by atoms with Gasteiger partial charge in [0.15, 0.2) is 0 Å². The van der Waals surface area contributed by atoms with Gasteiger partial charge in [-0.15, -0.1) is 0 Å². The molecule has 0 aliphatic heterocycles. The lowest BCUT2D eigenvalue weighted by atomic mass is 9.82. The van der Waals surface area contributed by atoms with Gasteiger partial charge in [-0.2, -0.15) is 0 Å². The van der Waals surface area contributed by atoms with Crippen molar-refractivity contribution in [2.45, 2.75) is 18.9 Å². The first-order valence-corrected chi connectivity index (χ1v) is 8.35. The molecule has 2 aliphatic carbocycles. The molecule has 24 heavy (non-hydrogen) atoms. The zero-order valence-corrected chi connectivity index (χ0v) is 13.7. The molecule has 0 saturated heterocycles. The van der Waals surface area contributed by atoms with E-state index in [2.05, 4.69) is 0 Å². The monoisotopic (exact) mass is 329 g/mol. The van der Waals surface area contributed by atoms with Crippen LogP contribution in [0.5, 0.6) is 0 Å². The molecule has 128 valence electrons. The Morgan fingerprint density at radius 3 is 2.38 bits per heavy atom. The maximum absolute atomic E-state index is 13.0. The van der Waals surface area contributed by atoms with Gasteiger partial charge >= 0.3 is 5.97 Å². The summed E-state index contributed by atoms with van der Waals surface area (Å²) in [5, 5.41) is 19.2. The third kappa shape index (κ3) is 2.96. The molecule has 1 aromatic carbocycles. The van der Waals surface area contributed by atoms with E-state index >= 15 is 0 Å². The van der Waals surface area contributed by atoms with Gasteiger partial charge in [0.2, 0.25) is 5.91 Å². The van der Waals surface area contributed by atoms with Gasteiger partial charge in [-0.25, -0.2) is 0 Å². The number of aliphatic carboxylic acids is 1. The molecule has 2 bridgehead atoms. The Balaban J connectivity index is 1.75. The summed E-state index contributed by atoms with van der Waals surface area (Å²) in [6.45, 7) is -0.147. The molecule has 0 heterocycles. The van der Waals surface area contributed by atoms with Crippen LogP contribution in [0.4, 0.5) is 0 Å². The molecular weight excluding hydrogens is 306 g/mol. The summed E-state index contributed by atoms with van der Waals surface area (Å²) >= 11 is 0. The third-order valence-electron chi connectivity index (χ3n) is 5.45. The van der Waals surface area contributed by atoms with Gasteiger partial charge in [0.25, 0.3) is 0 Å². The van der Waals surface area contributed by atoms with Crippen LogP contribution < -0.4 is 0 Å². The largest absolute Gasteiger partial charge is 0.481 e. The van der Waals surface area contributed by atoms with Gasteiger partial charge < -0.3 is 15.1 Å². The molecule has 5 atom stereocenters. The molecular formula is C19H23NO4. The maximum atomic E-state index is 13.0. The van der Waals surface area contributed by atoms with Crippen molar-refractivity contribution in [2.75, 3.05) is 13.7 Å². The highest BCUT2D eigenvalue weighted by atomic mass is 16.4. The molecule has 0 spiro atoms. The van der Waals surface area contributed by atoms with Crippen LogP contribution in [0, 0.1) is 23.7 Å². The molecule has 1 saturated carbocycles. The third-order valence-corrected chi connectivity index (χ3v) is 5.45. The minimum Gasteiger partial charge on any atom is -0.481 e. The van der Waals surface area contributed by atoms with Gasteiger partial charge in [-0.05, 0) is 30.2 Å². The number of benzene rings is 1. The zero-order chi connectivity index (χ0) is 17.3. The molecule has 5 heteroatoms. The van der Waals surface area contributed by atoms with Crippen LogP contribution in [0.15, 0.2) is 42.5 Å². The van der Waals surface area contributed by atoms with Crippen molar-refractivity contribution in [2.24, 2.45) is 23.7 Å². The Morgan fingerprint density at radius 1 is 1.17 bits per heavy atom. The summed E-state index contributed by atoms with van der Waals surface area (Å²) in [6.07, 6.45) is 5.20. The Hall–Kier alpha value is -2.14. The van der Waals surface area contributed by atoms with Gasteiger partial charge in [0.1, 0.15) is 0 Å². The number of carboxylic acid groups (broad SMARTS) is 1. The normalized spacial score (nSPS) is 28.8. The molecule has 1 fully saturated rings. The van der Waals surface area contributed by atoms with Gasteiger partial charge in [-0.1, -0.05) is 42.5 Å². The summed E-state index contributed by atoms with van der Waals surface area (Å²) in [5.41, 5.74) is 1.04. The summed E-state index contributed by atoms with van der Waals surface area (Å²) in [7, 11) is 1.67. The van der Waals surface area contributed by atoms with E-state index in [1.54, 1.807) is 11.9 Å². The molecule has 5 unspecified atom stereocenters. The number of carboxylic acids is 1. The van der Waals surface area contributed by atoms with Crippen LogP contribution in [-0.4, -0.2) is 46.7 Å². The van der Waals surface area contributed by atoms with E-state index in [1.165, 1.54) is 0 Å². The second kappa shape index (κ2) is 6.77. The first kappa shape index (κ1) is 16.7. The van der Waals surface area contributed by atoms with Crippen LogP contribution in [0.2, 0.25) is 0 Å². The minimum atomic E-state index is -0.901. The lowest BCUT2D eigenvalue weighted by Gasteiger charge is -2.33. The molecule has 0 radical (unpaired) electrons. The van der Waals surface area contributed by atoms with E-state index in [9.17, 15) is 19.8 Å². The van der Waals surface area contributed by atoms with Crippen molar-refractivity contribution >= 4 is 11.9 Å². The molecule has 1 amide bonds. The highest BCUT2D eigenvalue weighted by Gasteiger charge is 2.52. The standard InChI is InChI=1S/C19H23NO4/c1-20(15(11-21)9-12-5-3-2-4-6-12)18(22)16-13-7-8-14(10-13)17(16)19(23)24/h2-8,13-17,21H,9-11H2,1H3,(H,23,24). The number of aliphatic hydroxyl groups excluding tert-OH is 1. The van der Waals surface area contributed by atoms with Crippen molar-refractivity contribution in [3.63, 3.8) is 0 Å². The fourth-order valence-electron chi connectivity index (χ4n) is 4.12. The molecule has 2 aliphatic rings. The Bertz CT molecular complexity index is 642. The van der Waals surface area contributed by atoms with E-state index in [4.69, 9.17) is 0 Å². The van der Waals surface area contributed by atoms with E-state index in [-0.39, 0.29) is 30.4 Å². The zero-order valence-electron chi connectivity index (χ0n) is 13.7. The SMILES string of the molecule is CN(C(=O)C1C2C=CC(C2)C1C(=O)O)C(CO)Cc1ccccc1. The predicted molar refractivity (Wildman–Crippen MR) is 89.1 cm³/mol. The number of carbonyl (C=O) groups excluding carboxylic acids is 1. The summed E-state index contributed by atoms with van der Waals surface area (Å²) in [6, 6.07) is 9.34. The second-order valence-electron chi connectivity index (χ2n) is 6.81. The average molecular weight is 329 g/mol. The fourth-order valence-corrected chi connectivity index (χ4v) is 4.12. The van der Waals surface area contributed by atoms with Crippen molar-refractivity contribution in [1.82, 2.24) is 4.90 Å². The van der Waals surface area contributed by atoms with Crippen molar-refractivity contribution in [1.29, 1.82) is 0 Å². The summed E-state index contributed by atoms with van der Waals surface area (Å²) in [5.74, 6) is -2.28. The molecule has 1 aromatic rings. The number of aliphatic hydroxyl groups is 1. The number of hydrogen-bond donors (Lipinski definition) is 2. The Morgan fingerprint density at radius 2 is 1.79 bits per heavy atom. The van der Waals surface area contributed by atoms with Crippen molar-refractivity contribution < 1.29 is 19.8 Å². The summed E-state index contributed by atoms with van der Waals surface area (Å²) in [4.78, 5) is 26.1. The maximum Gasteiger partial charge on any atom is 0.307 e. The minimum absolute atomic E-state index is 0.00196. The number of hydrogen-bond acceptors (Lipinski definition) is 3. The molecule has 2 N–H and O–H groups in total. The molecule has 0 aromatic heterocycles. The van der Waals surface area contributed by atoms with Crippen molar-refractivity contribution in [3.8, 4) is 0 Å². The second-order valence-corrected chi connectivity index (χ2v) is 6.81. The lowest BCUT2D eigenvalue weighted by Crippen LogP contribution is -2.47. The average Bonchev–Trinajstić information content (AvgIpc) is 3.20. The fraction of sp³-hybridized carbons (Fsp3) is 0.474. The number of fused-ring (bicyclic) bond motifs is 2. The number of amides is 1. The van der Waals surface area contributed by atoms with Crippen LogP contribution in [-0.2, 0) is 16.0 Å². The topological polar surface area (TPSA) is 77.8 Å². The molecule has 3 rings (SSSR count). The number of likely N-dealkylation sites (N-methyl/N-ethyl adjacent to an activating group) is 1. The van der Waals surface area contributed by atoms with E-state index in [0.29, 0.717) is 6.42 Å². The Labute approximate surface area is 141 Å². The smallest absolute Gasteiger partial charge is 0.307 e. The Kier molecular flexibility index (Phi) is 4.71. The summed E-state index contributed by atoms with van der Waals surface area (Å²) < 4.78 is 0. The number of rotatable bonds is 6.